The average Bonchev–Trinajstić information content (AvgIpc) is 2.45. The summed E-state index contributed by atoms with van der Waals surface area (Å²) in [7, 11) is 0. The molecule has 1 N–H and O–H groups in total. The first kappa shape index (κ1) is 17.8. The van der Waals surface area contributed by atoms with Gasteiger partial charge in [0, 0.05) is 26.2 Å². The highest BCUT2D eigenvalue weighted by Gasteiger charge is 2.42. The molecule has 0 aromatic carbocycles. The maximum atomic E-state index is 12.4. The third-order valence-corrected chi connectivity index (χ3v) is 5.62. The summed E-state index contributed by atoms with van der Waals surface area (Å²) in [6.07, 6.45) is 6.54. The van der Waals surface area contributed by atoms with E-state index in [2.05, 4.69) is 33.8 Å². The molecule has 1 saturated carbocycles. The third kappa shape index (κ3) is 4.06. The summed E-state index contributed by atoms with van der Waals surface area (Å²) in [5, 5.41) is 8.96. The van der Waals surface area contributed by atoms with Crippen molar-refractivity contribution in [3.63, 3.8) is 0 Å². The van der Waals surface area contributed by atoms with Crippen molar-refractivity contribution in [3.05, 3.63) is 12.2 Å². The van der Waals surface area contributed by atoms with E-state index in [4.69, 9.17) is 5.11 Å². The van der Waals surface area contributed by atoms with Crippen LogP contribution in [0.2, 0.25) is 0 Å². The normalized spacial score (nSPS) is 24.9. The van der Waals surface area contributed by atoms with Crippen LogP contribution in [0.15, 0.2) is 12.2 Å². The Hall–Kier alpha value is -1.52. The standard InChI is InChI=1S/C18H30N2O3/c1-17(2)8-5-9-18(3,4)14(17)6-7-15(21)19-10-12-20(13-11-19)16(22)23/h6-7,14H,5,8-13H2,1-4H3,(H,22,23)/b7-6+. The first-order valence-electron chi connectivity index (χ1n) is 8.58. The van der Waals surface area contributed by atoms with Crippen LogP contribution in [0.25, 0.3) is 0 Å². The van der Waals surface area contributed by atoms with E-state index >= 15 is 0 Å². The molecule has 0 aromatic rings. The van der Waals surface area contributed by atoms with Gasteiger partial charge in [-0.25, -0.2) is 4.79 Å². The number of carboxylic acid groups (broad SMARTS) is 1. The second-order valence-electron chi connectivity index (χ2n) is 8.26. The van der Waals surface area contributed by atoms with Crippen LogP contribution in [0, 0.1) is 16.7 Å². The smallest absolute Gasteiger partial charge is 0.407 e. The van der Waals surface area contributed by atoms with Crippen LogP contribution >= 0.6 is 0 Å². The molecule has 1 heterocycles. The van der Waals surface area contributed by atoms with E-state index in [1.165, 1.54) is 24.2 Å². The fourth-order valence-corrected chi connectivity index (χ4v) is 4.29. The zero-order valence-electron chi connectivity index (χ0n) is 14.8. The third-order valence-electron chi connectivity index (χ3n) is 5.62. The summed E-state index contributed by atoms with van der Waals surface area (Å²) < 4.78 is 0. The summed E-state index contributed by atoms with van der Waals surface area (Å²) in [5.74, 6) is 0.389. The molecular weight excluding hydrogens is 292 g/mol. The maximum Gasteiger partial charge on any atom is 0.407 e. The molecule has 23 heavy (non-hydrogen) atoms. The quantitative estimate of drug-likeness (QED) is 0.794. The molecule has 1 aliphatic carbocycles. The van der Waals surface area contributed by atoms with E-state index in [9.17, 15) is 9.59 Å². The molecule has 2 fully saturated rings. The number of nitrogens with zero attached hydrogens (tertiary/aromatic N) is 2. The van der Waals surface area contributed by atoms with Crippen LogP contribution in [-0.2, 0) is 4.79 Å². The van der Waals surface area contributed by atoms with Gasteiger partial charge in [-0.05, 0) is 35.7 Å². The van der Waals surface area contributed by atoms with Crippen molar-refractivity contribution >= 4 is 12.0 Å². The Morgan fingerprint density at radius 3 is 1.91 bits per heavy atom. The van der Waals surface area contributed by atoms with Crippen molar-refractivity contribution in [2.24, 2.45) is 16.7 Å². The molecule has 5 heteroatoms. The summed E-state index contributed by atoms with van der Waals surface area (Å²) >= 11 is 0. The molecule has 0 unspecified atom stereocenters. The predicted molar refractivity (Wildman–Crippen MR) is 90.2 cm³/mol. The van der Waals surface area contributed by atoms with Gasteiger partial charge in [-0.1, -0.05) is 40.2 Å². The largest absolute Gasteiger partial charge is 0.465 e. The van der Waals surface area contributed by atoms with Crippen LogP contribution in [0.4, 0.5) is 4.79 Å². The first-order chi connectivity index (χ1) is 10.6. The predicted octanol–water partition coefficient (Wildman–Crippen LogP) is 3.22. The number of piperazine rings is 1. The van der Waals surface area contributed by atoms with Crippen molar-refractivity contribution in [1.29, 1.82) is 0 Å². The van der Waals surface area contributed by atoms with E-state index in [1.54, 1.807) is 11.0 Å². The minimum absolute atomic E-state index is 0.00668. The molecule has 0 bridgehead atoms. The second kappa shape index (κ2) is 6.54. The van der Waals surface area contributed by atoms with Crippen molar-refractivity contribution < 1.29 is 14.7 Å². The lowest BCUT2D eigenvalue weighted by molar-refractivity contribution is -0.127. The monoisotopic (exact) mass is 322 g/mol. The van der Waals surface area contributed by atoms with Gasteiger partial charge in [0.15, 0.2) is 0 Å². The van der Waals surface area contributed by atoms with Gasteiger partial charge < -0.3 is 14.9 Å². The topological polar surface area (TPSA) is 60.9 Å². The Balaban J connectivity index is 1.99. The minimum Gasteiger partial charge on any atom is -0.465 e. The summed E-state index contributed by atoms with van der Waals surface area (Å²) in [6.45, 7) is 10.9. The van der Waals surface area contributed by atoms with Gasteiger partial charge in [-0.2, -0.15) is 0 Å². The number of rotatable bonds is 2. The van der Waals surface area contributed by atoms with Gasteiger partial charge in [0.2, 0.25) is 5.91 Å². The lowest BCUT2D eigenvalue weighted by Crippen LogP contribution is -2.50. The molecule has 0 spiro atoms. The molecule has 2 amide bonds. The molecule has 2 rings (SSSR count). The molecule has 5 nitrogen and oxygen atoms in total. The van der Waals surface area contributed by atoms with Gasteiger partial charge in [-0.3, -0.25) is 4.79 Å². The molecule has 0 radical (unpaired) electrons. The van der Waals surface area contributed by atoms with Crippen LogP contribution in [-0.4, -0.2) is 53.1 Å². The molecule has 130 valence electrons. The molecule has 2 aliphatic rings. The van der Waals surface area contributed by atoms with Gasteiger partial charge in [0.1, 0.15) is 0 Å². The van der Waals surface area contributed by atoms with Crippen molar-refractivity contribution in [3.8, 4) is 0 Å². The molecule has 0 atom stereocenters. The zero-order chi connectivity index (χ0) is 17.3. The van der Waals surface area contributed by atoms with Crippen molar-refractivity contribution in [2.75, 3.05) is 26.2 Å². The van der Waals surface area contributed by atoms with Gasteiger partial charge in [0.25, 0.3) is 0 Å². The van der Waals surface area contributed by atoms with E-state index in [-0.39, 0.29) is 16.7 Å². The number of hydrogen-bond donors (Lipinski definition) is 1. The number of hydrogen-bond acceptors (Lipinski definition) is 2. The number of carbonyl (C=O) groups excluding carboxylic acids is 1. The van der Waals surface area contributed by atoms with Crippen LogP contribution in [0.1, 0.15) is 47.0 Å². The lowest BCUT2D eigenvalue weighted by Gasteiger charge is -2.48. The maximum absolute atomic E-state index is 12.4. The molecule has 0 aromatic heterocycles. The summed E-state index contributed by atoms with van der Waals surface area (Å²) in [4.78, 5) is 26.4. The Morgan fingerprint density at radius 1 is 0.957 bits per heavy atom. The highest BCUT2D eigenvalue weighted by atomic mass is 16.4. The van der Waals surface area contributed by atoms with Crippen molar-refractivity contribution in [1.82, 2.24) is 9.80 Å². The average molecular weight is 322 g/mol. The highest BCUT2D eigenvalue weighted by molar-refractivity contribution is 5.87. The van der Waals surface area contributed by atoms with Crippen LogP contribution in [0.5, 0.6) is 0 Å². The van der Waals surface area contributed by atoms with Crippen molar-refractivity contribution in [2.45, 2.75) is 47.0 Å². The second-order valence-corrected chi connectivity index (χ2v) is 8.26. The first-order valence-corrected chi connectivity index (χ1v) is 8.58. The molecule has 1 saturated heterocycles. The Bertz CT molecular complexity index is 472. The van der Waals surface area contributed by atoms with Gasteiger partial charge in [0.05, 0.1) is 0 Å². The number of amides is 2. The summed E-state index contributed by atoms with van der Waals surface area (Å²) in [6, 6.07) is 0. The fourth-order valence-electron chi connectivity index (χ4n) is 4.29. The number of carbonyl (C=O) groups is 2. The summed E-state index contributed by atoms with van der Waals surface area (Å²) in [5.41, 5.74) is 0.418. The van der Waals surface area contributed by atoms with E-state index in [1.807, 2.05) is 0 Å². The molecule has 1 aliphatic heterocycles. The lowest BCUT2D eigenvalue weighted by atomic mass is 9.57. The van der Waals surface area contributed by atoms with Crippen LogP contribution in [0.3, 0.4) is 0 Å². The molecular formula is C18H30N2O3. The van der Waals surface area contributed by atoms with E-state index in [0.717, 1.165) is 0 Å². The number of allylic oxidation sites excluding steroid dienone is 1. The highest BCUT2D eigenvalue weighted by Crippen LogP contribution is 2.51. The fraction of sp³-hybridized carbons (Fsp3) is 0.778. The Morgan fingerprint density at radius 2 is 1.43 bits per heavy atom. The SMILES string of the molecule is CC1(C)CCCC(C)(C)C1/C=C/C(=O)N1CCN(C(=O)O)CC1. The Labute approximate surface area is 139 Å². The van der Waals surface area contributed by atoms with Crippen LogP contribution < -0.4 is 0 Å². The minimum atomic E-state index is -0.904. The Kier molecular flexibility index (Phi) is 5.07. The van der Waals surface area contributed by atoms with Gasteiger partial charge in [-0.15, -0.1) is 0 Å². The zero-order valence-corrected chi connectivity index (χ0v) is 14.8. The van der Waals surface area contributed by atoms with Gasteiger partial charge >= 0.3 is 6.09 Å². The van der Waals surface area contributed by atoms with E-state index < -0.39 is 6.09 Å². The van der Waals surface area contributed by atoms with E-state index in [0.29, 0.717) is 32.1 Å².